The summed E-state index contributed by atoms with van der Waals surface area (Å²) in [4.78, 5) is 24.6. The van der Waals surface area contributed by atoms with E-state index in [0.717, 1.165) is 4.90 Å². The normalized spacial score (nSPS) is 16.1. The molecule has 9 heteroatoms. The first kappa shape index (κ1) is 19.3. The van der Waals surface area contributed by atoms with E-state index in [1.165, 1.54) is 24.3 Å². The molecule has 0 aliphatic carbocycles. The standard InChI is InChI=1S/C18H21N3O5S/c1-20-12-2-3-15(20)16(22)10-11-19-27(25,26)14-6-4-13(5-7-14)21-17(23)8-9-18(21)24/h2-7,12,16,19,22H,8-11H2,1H3/t16-/m0/s1. The van der Waals surface area contributed by atoms with Crippen molar-refractivity contribution in [2.75, 3.05) is 11.4 Å². The number of amides is 2. The number of anilines is 1. The summed E-state index contributed by atoms with van der Waals surface area (Å²) in [7, 11) is -1.95. The highest BCUT2D eigenvalue weighted by Crippen LogP contribution is 2.24. The molecule has 1 atom stereocenters. The molecule has 2 N–H and O–H groups in total. The Bertz CT molecular complexity index is 934. The predicted molar refractivity (Wildman–Crippen MR) is 98.3 cm³/mol. The van der Waals surface area contributed by atoms with Crippen LogP contribution < -0.4 is 9.62 Å². The van der Waals surface area contributed by atoms with Gasteiger partial charge in [-0.1, -0.05) is 0 Å². The van der Waals surface area contributed by atoms with E-state index in [0.29, 0.717) is 11.4 Å². The molecule has 1 aliphatic heterocycles. The van der Waals surface area contributed by atoms with Gasteiger partial charge in [-0.05, 0) is 42.8 Å². The van der Waals surface area contributed by atoms with Crippen LogP contribution in [0.15, 0.2) is 47.5 Å². The predicted octanol–water partition coefficient (Wildman–Crippen LogP) is 1.08. The van der Waals surface area contributed by atoms with Gasteiger partial charge in [-0.25, -0.2) is 13.1 Å². The fourth-order valence-corrected chi connectivity index (χ4v) is 4.07. The van der Waals surface area contributed by atoms with Crippen molar-refractivity contribution in [3.63, 3.8) is 0 Å². The van der Waals surface area contributed by atoms with E-state index < -0.39 is 16.1 Å². The first-order chi connectivity index (χ1) is 12.8. The summed E-state index contributed by atoms with van der Waals surface area (Å²) < 4.78 is 29.0. The van der Waals surface area contributed by atoms with Gasteiger partial charge in [-0.15, -0.1) is 0 Å². The molecule has 1 aromatic carbocycles. The van der Waals surface area contributed by atoms with Crippen molar-refractivity contribution < 1.29 is 23.1 Å². The molecule has 1 aromatic heterocycles. The van der Waals surface area contributed by atoms with E-state index in [1.54, 1.807) is 29.9 Å². The van der Waals surface area contributed by atoms with Crippen LogP contribution in [-0.2, 0) is 26.7 Å². The number of hydrogen-bond donors (Lipinski definition) is 2. The Labute approximate surface area is 157 Å². The second-order valence-electron chi connectivity index (χ2n) is 6.36. The number of sulfonamides is 1. The molecule has 1 fully saturated rings. The third-order valence-electron chi connectivity index (χ3n) is 4.49. The highest BCUT2D eigenvalue weighted by molar-refractivity contribution is 7.89. The monoisotopic (exact) mass is 391 g/mol. The van der Waals surface area contributed by atoms with Gasteiger partial charge in [0.1, 0.15) is 0 Å². The Morgan fingerprint density at radius 2 is 1.74 bits per heavy atom. The molecule has 27 heavy (non-hydrogen) atoms. The fraction of sp³-hybridized carbons (Fsp3) is 0.333. The van der Waals surface area contributed by atoms with Crippen molar-refractivity contribution in [3.05, 3.63) is 48.3 Å². The van der Waals surface area contributed by atoms with Crippen molar-refractivity contribution in [2.24, 2.45) is 7.05 Å². The third-order valence-corrected chi connectivity index (χ3v) is 5.97. The lowest BCUT2D eigenvalue weighted by molar-refractivity contribution is -0.121. The average Bonchev–Trinajstić information content (AvgIpc) is 3.20. The number of aromatic nitrogens is 1. The molecule has 0 saturated carbocycles. The topological polar surface area (TPSA) is 109 Å². The van der Waals surface area contributed by atoms with E-state index >= 15 is 0 Å². The van der Waals surface area contributed by atoms with Crippen LogP contribution >= 0.6 is 0 Å². The summed E-state index contributed by atoms with van der Waals surface area (Å²) in [5, 5.41) is 10.1. The van der Waals surface area contributed by atoms with Gasteiger partial charge in [0.25, 0.3) is 0 Å². The number of carbonyl (C=O) groups is 2. The molecule has 2 heterocycles. The lowest BCUT2D eigenvalue weighted by atomic mass is 10.2. The van der Waals surface area contributed by atoms with Gasteiger partial charge in [0.05, 0.1) is 16.7 Å². The van der Waals surface area contributed by atoms with E-state index in [9.17, 15) is 23.1 Å². The van der Waals surface area contributed by atoms with Crippen molar-refractivity contribution in [2.45, 2.75) is 30.3 Å². The largest absolute Gasteiger partial charge is 0.387 e. The van der Waals surface area contributed by atoms with Crippen LogP contribution in [0.1, 0.15) is 31.1 Å². The minimum absolute atomic E-state index is 0.0266. The van der Waals surface area contributed by atoms with E-state index in [2.05, 4.69) is 4.72 Å². The lowest BCUT2D eigenvalue weighted by Crippen LogP contribution is -2.29. The molecule has 144 valence electrons. The molecule has 0 radical (unpaired) electrons. The van der Waals surface area contributed by atoms with Crippen molar-refractivity contribution in [1.29, 1.82) is 0 Å². The number of rotatable bonds is 7. The Morgan fingerprint density at radius 1 is 1.11 bits per heavy atom. The fourth-order valence-electron chi connectivity index (χ4n) is 3.02. The molecule has 0 bridgehead atoms. The van der Waals surface area contributed by atoms with E-state index in [1.807, 2.05) is 0 Å². The Kier molecular flexibility index (Phi) is 5.45. The van der Waals surface area contributed by atoms with Gasteiger partial charge < -0.3 is 9.67 Å². The number of hydrogen-bond acceptors (Lipinski definition) is 5. The average molecular weight is 391 g/mol. The van der Waals surface area contributed by atoms with Crippen LogP contribution in [0.5, 0.6) is 0 Å². The summed E-state index contributed by atoms with van der Waals surface area (Å²) >= 11 is 0. The van der Waals surface area contributed by atoms with Gasteiger partial charge in [0, 0.05) is 38.3 Å². The number of aryl methyl sites for hydroxylation is 1. The number of carbonyl (C=O) groups excluding carboxylic acids is 2. The van der Waals surface area contributed by atoms with Gasteiger partial charge in [-0.2, -0.15) is 0 Å². The quantitative estimate of drug-likeness (QED) is 0.687. The minimum Gasteiger partial charge on any atom is -0.387 e. The molecule has 1 aliphatic rings. The molecule has 2 aromatic rings. The molecule has 8 nitrogen and oxygen atoms in total. The van der Waals surface area contributed by atoms with Crippen LogP contribution in [0.25, 0.3) is 0 Å². The highest BCUT2D eigenvalue weighted by atomic mass is 32.2. The Hall–Kier alpha value is -2.49. The maximum absolute atomic E-state index is 12.4. The van der Waals surface area contributed by atoms with E-state index in [-0.39, 0.29) is 42.5 Å². The zero-order valence-corrected chi connectivity index (χ0v) is 15.6. The van der Waals surface area contributed by atoms with Gasteiger partial charge >= 0.3 is 0 Å². The second kappa shape index (κ2) is 7.63. The van der Waals surface area contributed by atoms with Crippen molar-refractivity contribution in [1.82, 2.24) is 9.29 Å². The van der Waals surface area contributed by atoms with Gasteiger partial charge in [0.15, 0.2) is 0 Å². The van der Waals surface area contributed by atoms with Crippen LogP contribution in [-0.4, -0.2) is 36.5 Å². The van der Waals surface area contributed by atoms with Gasteiger partial charge in [0.2, 0.25) is 21.8 Å². The molecule has 3 rings (SSSR count). The molecular formula is C18H21N3O5S. The summed E-state index contributed by atoms with van der Waals surface area (Å²) in [5.41, 5.74) is 1.07. The molecule has 0 spiro atoms. The number of nitrogens with zero attached hydrogens (tertiary/aromatic N) is 2. The SMILES string of the molecule is Cn1cccc1[C@@H](O)CCNS(=O)(=O)c1ccc(N2C(=O)CCC2=O)cc1. The number of benzene rings is 1. The zero-order chi connectivity index (χ0) is 19.6. The zero-order valence-electron chi connectivity index (χ0n) is 14.8. The summed E-state index contributed by atoms with van der Waals surface area (Å²) in [6.07, 6.45) is 1.60. The molecule has 2 amide bonds. The Balaban J connectivity index is 1.62. The number of nitrogens with one attached hydrogen (secondary N) is 1. The smallest absolute Gasteiger partial charge is 0.240 e. The number of imide groups is 1. The first-order valence-corrected chi connectivity index (χ1v) is 10.0. The lowest BCUT2D eigenvalue weighted by Gasteiger charge is -2.15. The molecular weight excluding hydrogens is 370 g/mol. The van der Waals surface area contributed by atoms with Crippen LogP contribution in [0.2, 0.25) is 0 Å². The van der Waals surface area contributed by atoms with Crippen molar-refractivity contribution >= 4 is 27.5 Å². The van der Waals surface area contributed by atoms with Crippen molar-refractivity contribution in [3.8, 4) is 0 Å². The summed E-state index contributed by atoms with van der Waals surface area (Å²) in [6.45, 7) is 0.0690. The number of aliphatic hydroxyl groups excluding tert-OH is 1. The third kappa shape index (κ3) is 4.10. The molecule has 0 unspecified atom stereocenters. The van der Waals surface area contributed by atoms with E-state index in [4.69, 9.17) is 0 Å². The first-order valence-electron chi connectivity index (χ1n) is 8.54. The maximum atomic E-state index is 12.4. The minimum atomic E-state index is -3.76. The van der Waals surface area contributed by atoms with Crippen LogP contribution in [0, 0.1) is 0 Å². The Morgan fingerprint density at radius 3 is 2.30 bits per heavy atom. The maximum Gasteiger partial charge on any atom is 0.240 e. The summed E-state index contributed by atoms with van der Waals surface area (Å²) in [6, 6.07) is 9.16. The summed E-state index contributed by atoms with van der Waals surface area (Å²) in [5.74, 6) is -0.577. The van der Waals surface area contributed by atoms with Crippen LogP contribution in [0.3, 0.4) is 0 Å². The number of aliphatic hydroxyl groups is 1. The van der Waals surface area contributed by atoms with Gasteiger partial charge in [-0.3, -0.25) is 14.5 Å². The highest BCUT2D eigenvalue weighted by Gasteiger charge is 2.30. The second-order valence-corrected chi connectivity index (χ2v) is 8.13. The van der Waals surface area contributed by atoms with Crippen LogP contribution in [0.4, 0.5) is 5.69 Å². The molecule has 1 saturated heterocycles.